The summed E-state index contributed by atoms with van der Waals surface area (Å²) in [4.78, 5) is 7.51. The summed E-state index contributed by atoms with van der Waals surface area (Å²) in [6.45, 7) is 4.90. The third-order valence-electron chi connectivity index (χ3n) is 5.41. The van der Waals surface area contributed by atoms with Crippen molar-refractivity contribution in [2.75, 3.05) is 19.7 Å². The van der Waals surface area contributed by atoms with Crippen molar-refractivity contribution >= 4 is 22.6 Å². The number of rotatable bonds is 7. The number of ether oxygens (including phenoxy) is 1. The van der Waals surface area contributed by atoms with Crippen molar-refractivity contribution < 1.29 is 4.74 Å². The van der Waals surface area contributed by atoms with Crippen LogP contribution in [-0.4, -0.2) is 34.1 Å². The molecule has 1 aliphatic rings. The Morgan fingerprint density at radius 3 is 2.46 bits per heavy atom. The number of aromatic nitrogens is 2. The summed E-state index contributed by atoms with van der Waals surface area (Å²) in [6.07, 6.45) is 6.25. The lowest BCUT2D eigenvalue weighted by molar-refractivity contribution is 0.263. The molecule has 4 rings (SSSR count). The van der Waals surface area contributed by atoms with Crippen LogP contribution < -0.4 is 4.74 Å². The zero-order valence-corrected chi connectivity index (χ0v) is 17.1. The Bertz CT molecular complexity index is 883. The van der Waals surface area contributed by atoms with E-state index in [2.05, 4.69) is 33.7 Å². The zero-order chi connectivity index (χ0) is 19.2. The highest BCUT2D eigenvalue weighted by molar-refractivity contribution is 6.30. The molecule has 0 unspecified atom stereocenters. The van der Waals surface area contributed by atoms with Gasteiger partial charge in [-0.2, -0.15) is 0 Å². The van der Waals surface area contributed by atoms with Crippen LogP contribution in [-0.2, 0) is 13.1 Å². The molecule has 148 valence electrons. The molecule has 0 saturated carbocycles. The van der Waals surface area contributed by atoms with Crippen LogP contribution >= 0.6 is 11.6 Å². The Kier molecular flexibility index (Phi) is 6.50. The van der Waals surface area contributed by atoms with E-state index in [4.69, 9.17) is 21.3 Å². The third kappa shape index (κ3) is 4.86. The summed E-state index contributed by atoms with van der Waals surface area (Å²) in [5.74, 6) is 2.04. The van der Waals surface area contributed by atoms with Gasteiger partial charge in [0.1, 0.15) is 11.6 Å². The molecule has 3 aromatic rings. The summed E-state index contributed by atoms with van der Waals surface area (Å²) in [5, 5.41) is 0.732. The molecule has 0 spiro atoms. The largest absolute Gasteiger partial charge is 0.494 e. The molecule has 1 aliphatic heterocycles. The lowest BCUT2D eigenvalue weighted by atomic mass is 10.2. The van der Waals surface area contributed by atoms with Crippen LogP contribution in [0.25, 0.3) is 11.0 Å². The number of halogens is 1. The van der Waals surface area contributed by atoms with Crippen molar-refractivity contribution in [1.29, 1.82) is 0 Å². The van der Waals surface area contributed by atoms with Gasteiger partial charge in [0.25, 0.3) is 0 Å². The molecule has 0 bridgehead atoms. The highest BCUT2D eigenvalue weighted by atomic mass is 35.5. The van der Waals surface area contributed by atoms with Crippen LogP contribution in [0.4, 0.5) is 0 Å². The number of fused-ring (bicyclic) bond motifs is 1. The van der Waals surface area contributed by atoms with E-state index in [1.807, 2.05) is 24.3 Å². The molecule has 0 atom stereocenters. The lowest BCUT2D eigenvalue weighted by Gasteiger charge is -2.20. The van der Waals surface area contributed by atoms with E-state index in [0.29, 0.717) is 6.61 Å². The van der Waals surface area contributed by atoms with Crippen molar-refractivity contribution in [2.45, 2.75) is 45.2 Å². The van der Waals surface area contributed by atoms with E-state index < -0.39 is 0 Å². The topological polar surface area (TPSA) is 30.3 Å². The van der Waals surface area contributed by atoms with E-state index in [1.165, 1.54) is 50.1 Å². The smallest absolute Gasteiger partial charge is 0.124 e. The van der Waals surface area contributed by atoms with Crippen molar-refractivity contribution in [3.63, 3.8) is 0 Å². The fraction of sp³-hybridized carbons (Fsp3) is 0.435. The fourth-order valence-electron chi connectivity index (χ4n) is 3.93. The maximum absolute atomic E-state index is 5.93. The summed E-state index contributed by atoms with van der Waals surface area (Å²) >= 11 is 5.93. The molecule has 1 saturated heterocycles. The summed E-state index contributed by atoms with van der Waals surface area (Å²) in [6, 6.07) is 16.0. The van der Waals surface area contributed by atoms with Gasteiger partial charge in [0.15, 0.2) is 0 Å². The number of benzene rings is 2. The van der Waals surface area contributed by atoms with Crippen molar-refractivity contribution in [3.8, 4) is 5.75 Å². The SMILES string of the molecule is Clc1ccc(OCCCn2c(CN3CCCCCC3)nc3ccccc32)cc1. The first-order valence-corrected chi connectivity index (χ1v) is 10.7. The molecule has 2 aromatic carbocycles. The molecule has 0 radical (unpaired) electrons. The number of hydrogen-bond donors (Lipinski definition) is 0. The second-order valence-corrected chi connectivity index (χ2v) is 7.95. The minimum atomic E-state index is 0.678. The molecule has 0 N–H and O–H groups in total. The van der Waals surface area contributed by atoms with Crippen LogP contribution in [0.2, 0.25) is 5.02 Å². The first-order valence-electron chi connectivity index (χ1n) is 10.3. The Balaban J connectivity index is 1.43. The van der Waals surface area contributed by atoms with Crippen molar-refractivity contribution in [2.24, 2.45) is 0 Å². The van der Waals surface area contributed by atoms with Crippen LogP contribution in [0, 0.1) is 0 Å². The van der Waals surface area contributed by atoms with Crippen LogP contribution in [0.3, 0.4) is 0 Å². The third-order valence-corrected chi connectivity index (χ3v) is 5.66. The monoisotopic (exact) mass is 397 g/mol. The molecular weight excluding hydrogens is 370 g/mol. The van der Waals surface area contributed by atoms with Gasteiger partial charge in [-0.3, -0.25) is 4.90 Å². The predicted molar refractivity (Wildman–Crippen MR) is 115 cm³/mol. The number of imidazole rings is 1. The Hall–Kier alpha value is -2.04. The molecule has 0 aliphatic carbocycles. The second kappa shape index (κ2) is 9.44. The first-order chi connectivity index (χ1) is 13.8. The highest BCUT2D eigenvalue weighted by Gasteiger charge is 2.15. The minimum absolute atomic E-state index is 0.678. The van der Waals surface area contributed by atoms with E-state index in [9.17, 15) is 0 Å². The predicted octanol–water partition coefficient (Wildman–Crippen LogP) is 5.53. The standard InChI is InChI=1S/C23H28ClN3O/c24-19-10-12-20(13-11-19)28-17-7-16-27-22-9-4-3-8-21(22)25-23(27)18-26-14-5-1-2-6-15-26/h3-4,8-13H,1-2,5-7,14-18H2. The van der Waals surface area contributed by atoms with Gasteiger partial charge in [-0.05, 0) is 68.8 Å². The quantitative estimate of drug-likeness (QED) is 0.490. The molecule has 4 nitrogen and oxygen atoms in total. The molecule has 2 heterocycles. The molecular formula is C23H28ClN3O. The molecule has 0 amide bonds. The Labute approximate surface area is 172 Å². The van der Waals surface area contributed by atoms with Gasteiger partial charge in [-0.15, -0.1) is 0 Å². The van der Waals surface area contributed by atoms with E-state index in [0.717, 1.165) is 35.8 Å². The Morgan fingerprint density at radius 1 is 0.929 bits per heavy atom. The van der Waals surface area contributed by atoms with E-state index in [1.54, 1.807) is 0 Å². The summed E-state index contributed by atoms with van der Waals surface area (Å²) in [5.41, 5.74) is 2.31. The number of likely N-dealkylation sites (tertiary alicyclic amines) is 1. The van der Waals surface area contributed by atoms with Gasteiger partial charge in [0.05, 0.1) is 24.2 Å². The van der Waals surface area contributed by atoms with Crippen LogP contribution in [0.5, 0.6) is 5.75 Å². The second-order valence-electron chi connectivity index (χ2n) is 7.51. The first kappa shape index (κ1) is 19.3. The number of nitrogens with zero attached hydrogens (tertiary/aromatic N) is 3. The molecule has 5 heteroatoms. The maximum atomic E-state index is 5.93. The number of para-hydroxylation sites is 2. The fourth-order valence-corrected chi connectivity index (χ4v) is 4.06. The molecule has 1 fully saturated rings. The average Bonchev–Trinajstić information content (AvgIpc) is 2.87. The number of hydrogen-bond acceptors (Lipinski definition) is 3. The summed E-state index contributed by atoms with van der Waals surface area (Å²) in [7, 11) is 0. The van der Waals surface area contributed by atoms with Gasteiger partial charge in [0.2, 0.25) is 0 Å². The zero-order valence-electron chi connectivity index (χ0n) is 16.3. The van der Waals surface area contributed by atoms with Crippen LogP contribution in [0.1, 0.15) is 37.9 Å². The van der Waals surface area contributed by atoms with Gasteiger partial charge in [-0.25, -0.2) is 4.98 Å². The highest BCUT2D eigenvalue weighted by Crippen LogP contribution is 2.20. The van der Waals surface area contributed by atoms with Gasteiger partial charge < -0.3 is 9.30 Å². The van der Waals surface area contributed by atoms with E-state index in [-0.39, 0.29) is 0 Å². The molecule has 28 heavy (non-hydrogen) atoms. The lowest BCUT2D eigenvalue weighted by Crippen LogP contribution is -2.26. The van der Waals surface area contributed by atoms with Crippen LogP contribution in [0.15, 0.2) is 48.5 Å². The van der Waals surface area contributed by atoms with E-state index >= 15 is 0 Å². The van der Waals surface area contributed by atoms with Gasteiger partial charge >= 0.3 is 0 Å². The van der Waals surface area contributed by atoms with Crippen molar-refractivity contribution in [1.82, 2.24) is 14.5 Å². The molecule has 1 aromatic heterocycles. The van der Waals surface area contributed by atoms with Gasteiger partial charge in [-0.1, -0.05) is 36.6 Å². The summed E-state index contributed by atoms with van der Waals surface area (Å²) < 4.78 is 8.26. The average molecular weight is 398 g/mol. The Morgan fingerprint density at radius 2 is 1.68 bits per heavy atom. The number of aryl methyl sites for hydroxylation is 1. The minimum Gasteiger partial charge on any atom is -0.494 e. The van der Waals surface area contributed by atoms with Crippen molar-refractivity contribution in [3.05, 3.63) is 59.4 Å². The normalized spacial score (nSPS) is 15.6. The van der Waals surface area contributed by atoms with Gasteiger partial charge in [0, 0.05) is 11.6 Å². The maximum Gasteiger partial charge on any atom is 0.124 e.